The predicted octanol–water partition coefficient (Wildman–Crippen LogP) is 4.04. The largest absolute Gasteiger partial charge is 0.265 e. The van der Waals surface area contributed by atoms with E-state index in [4.69, 9.17) is 23.2 Å². The first-order chi connectivity index (χ1) is 12.9. The maximum atomic E-state index is 12.8. The van der Waals surface area contributed by atoms with Crippen molar-refractivity contribution in [1.29, 1.82) is 0 Å². The van der Waals surface area contributed by atoms with Gasteiger partial charge >= 0.3 is 0 Å². The number of hydrogen-bond acceptors (Lipinski definition) is 6. The Hall–Kier alpha value is -2.20. The first-order valence-corrected chi connectivity index (χ1v) is 10.6. The number of nitrogens with one attached hydrogen (secondary N) is 1. The average molecular weight is 440 g/mol. The second-order valence-electron chi connectivity index (χ2n) is 5.61. The van der Waals surface area contributed by atoms with Gasteiger partial charge in [-0.15, -0.1) is 0 Å². The number of fused-ring (bicyclic) bond motifs is 1. The molecular formula is C16H11Cl2N5O2S2. The zero-order chi connectivity index (χ0) is 19.0. The topological polar surface area (TPSA) is 89.8 Å². The van der Waals surface area contributed by atoms with Crippen LogP contribution in [0.1, 0.15) is 5.56 Å². The van der Waals surface area contributed by atoms with Gasteiger partial charge in [0.2, 0.25) is 0 Å². The molecule has 0 aliphatic carbocycles. The summed E-state index contributed by atoms with van der Waals surface area (Å²) in [4.78, 5) is 0.0190. The van der Waals surface area contributed by atoms with Crippen molar-refractivity contribution in [3.05, 3.63) is 64.3 Å². The van der Waals surface area contributed by atoms with Crippen LogP contribution >= 0.6 is 34.9 Å². The van der Waals surface area contributed by atoms with Gasteiger partial charge in [-0.3, -0.25) is 9.40 Å². The van der Waals surface area contributed by atoms with Crippen molar-refractivity contribution in [1.82, 2.24) is 18.5 Å². The standard InChI is InChI=1S/C16H11Cl2N5O2S2/c17-11-5-2-1-4-10(11)8-23-9-12(18)16(19-23)22-27(24,25)14-7-3-6-13-15(14)21-26-20-13/h1-7,9H,8H2,(H,19,22). The van der Waals surface area contributed by atoms with Crippen molar-refractivity contribution in [2.45, 2.75) is 11.4 Å². The van der Waals surface area contributed by atoms with Gasteiger partial charge < -0.3 is 0 Å². The Bertz CT molecular complexity index is 1240. The highest BCUT2D eigenvalue weighted by Gasteiger charge is 2.22. The SMILES string of the molecule is O=S(=O)(Nc1nn(Cc2ccccc2Cl)cc1Cl)c1cccc2nsnc12. The predicted molar refractivity (Wildman–Crippen MR) is 106 cm³/mol. The fourth-order valence-corrected chi connectivity index (χ4v) is 4.76. The zero-order valence-electron chi connectivity index (χ0n) is 13.5. The molecule has 2 aromatic heterocycles. The second-order valence-corrected chi connectivity index (χ2v) is 8.60. The van der Waals surface area contributed by atoms with E-state index in [0.29, 0.717) is 22.6 Å². The van der Waals surface area contributed by atoms with Crippen LogP contribution in [-0.4, -0.2) is 26.9 Å². The summed E-state index contributed by atoms with van der Waals surface area (Å²) < 4.78 is 37.6. The molecule has 0 amide bonds. The van der Waals surface area contributed by atoms with Crippen LogP contribution in [0, 0.1) is 0 Å². The molecule has 0 saturated carbocycles. The van der Waals surface area contributed by atoms with Crippen LogP contribution in [0.4, 0.5) is 5.82 Å². The van der Waals surface area contributed by atoms with E-state index >= 15 is 0 Å². The van der Waals surface area contributed by atoms with Crippen LogP contribution in [0.15, 0.2) is 53.6 Å². The molecule has 2 heterocycles. The van der Waals surface area contributed by atoms with Crippen LogP contribution in [0.3, 0.4) is 0 Å². The van der Waals surface area contributed by atoms with E-state index in [1.807, 2.05) is 18.2 Å². The Morgan fingerprint density at radius 1 is 1.04 bits per heavy atom. The van der Waals surface area contributed by atoms with Crippen molar-refractivity contribution < 1.29 is 8.42 Å². The molecule has 4 rings (SSSR count). The molecule has 0 aliphatic heterocycles. The number of sulfonamides is 1. The van der Waals surface area contributed by atoms with Crippen LogP contribution in [0.5, 0.6) is 0 Å². The van der Waals surface area contributed by atoms with E-state index in [1.54, 1.807) is 18.2 Å². The molecule has 138 valence electrons. The number of aromatic nitrogens is 4. The third kappa shape index (κ3) is 3.63. The summed E-state index contributed by atoms with van der Waals surface area (Å²) in [6, 6.07) is 12.1. The van der Waals surface area contributed by atoms with Crippen molar-refractivity contribution in [2.75, 3.05) is 4.72 Å². The average Bonchev–Trinajstić information content (AvgIpc) is 3.23. The minimum Gasteiger partial charge on any atom is -0.265 e. The molecule has 0 radical (unpaired) electrons. The monoisotopic (exact) mass is 439 g/mol. The summed E-state index contributed by atoms with van der Waals surface area (Å²) in [6.07, 6.45) is 1.54. The smallest absolute Gasteiger partial charge is 0.265 e. The van der Waals surface area contributed by atoms with Gasteiger partial charge in [-0.1, -0.05) is 47.5 Å². The van der Waals surface area contributed by atoms with E-state index in [2.05, 4.69) is 18.6 Å². The fraction of sp³-hybridized carbons (Fsp3) is 0.0625. The fourth-order valence-electron chi connectivity index (χ4n) is 2.53. The molecular weight excluding hydrogens is 429 g/mol. The highest BCUT2D eigenvalue weighted by Crippen LogP contribution is 2.27. The van der Waals surface area contributed by atoms with Gasteiger partial charge in [0.1, 0.15) is 21.0 Å². The van der Waals surface area contributed by atoms with E-state index in [9.17, 15) is 8.42 Å². The zero-order valence-corrected chi connectivity index (χ0v) is 16.6. The third-order valence-electron chi connectivity index (χ3n) is 3.78. The lowest BCUT2D eigenvalue weighted by atomic mass is 10.2. The lowest BCUT2D eigenvalue weighted by Crippen LogP contribution is -2.14. The van der Waals surface area contributed by atoms with Gasteiger partial charge in [-0.05, 0) is 23.8 Å². The lowest BCUT2D eigenvalue weighted by Gasteiger charge is -2.06. The number of halogens is 2. The van der Waals surface area contributed by atoms with Gasteiger partial charge in [0, 0.05) is 11.2 Å². The molecule has 0 fully saturated rings. The Morgan fingerprint density at radius 3 is 2.67 bits per heavy atom. The first-order valence-electron chi connectivity index (χ1n) is 7.64. The summed E-state index contributed by atoms with van der Waals surface area (Å²) in [5.41, 5.74) is 1.66. The molecule has 0 saturated heterocycles. The number of benzene rings is 2. The normalized spacial score (nSPS) is 11.8. The van der Waals surface area contributed by atoms with Crippen molar-refractivity contribution in [3.8, 4) is 0 Å². The third-order valence-corrected chi connectivity index (χ3v) is 6.34. The maximum absolute atomic E-state index is 12.8. The number of hydrogen-bond donors (Lipinski definition) is 1. The van der Waals surface area contributed by atoms with Crippen LogP contribution in [-0.2, 0) is 16.6 Å². The molecule has 0 aliphatic rings. The van der Waals surface area contributed by atoms with Crippen molar-refractivity contribution >= 4 is 61.8 Å². The Kier molecular flexibility index (Phi) is 4.77. The van der Waals surface area contributed by atoms with Crippen molar-refractivity contribution in [3.63, 3.8) is 0 Å². The highest BCUT2D eigenvalue weighted by molar-refractivity contribution is 7.93. The molecule has 0 atom stereocenters. The quantitative estimate of drug-likeness (QED) is 0.506. The summed E-state index contributed by atoms with van der Waals surface area (Å²) in [7, 11) is -3.93. The molecule has 27 heavy (non-hydrogen) atoms. The molecule has 0 bridgehead atoms. The molecule has 1 N–H and O–H groups in total. The summed E-state index contributed by atoms with van der Waals surface area (Å²) in [5, 5.41) is 4.99. The maximum Gasteiger partial charge on any atom is 0.265 e. The summed E-state index contributed by atoms with van der Waals surface area (Å²) in [6.45, 7) is 0.354. The number of rotatable bonds is 5. The Morgan fingerprint density at radius 2 is 1.85 bits per heavy atom. The van der Waals surface area contributed by atoms with Crippen LogP contribution < -0.4 is 4.72 Å². The van der Waals surface area contributed by atoms with Crippen LogP contribution in [0.2, 0.25) is 10.0 Å². The van der Waals surface area contributed by atoms with Gasteiger partial charge in [0.15, 0.2) is 5.82 Å². The minimum atomic E-state index is -3.93. The summed E-state index contributed by atoms with van der Waals surface area (Å²) in [5.74, 6) is 0.0314. The molecule has 2 aromatic carbocycles. The van der Waals surface area contributed by atoms with Gasteiger partial charge in [0.25, 0.3) is 10.0 Å². The summed E-state index contributed by atoms with van der Waals surface area (Å²) >= 11 is 13.3. The van der Waals surface area contributed by atoms with E-state index in [-0.39, 0.29) is 15.7 Å². The minimum absolute atomic E-state index is 0.0190. The van der Waals surface area contributed by atoms with Gasteiger partial charge in [-0.25, -0.2) is 8.42 Å². The van der Waals surface area contributed by atoms with Gasteiger partial charge in [-0.2, -0.15) is 13.8 Å². The van der Waals surface area contributed by atoms with Crippen LogP contribution in [0.25, 0.3) is 11.0 Å². The number of anilines is 1. The van der Waals surface area contributed by atoms with Crippen molar-refractivity contribution in [2.24, 2.45) is 0 Å². The van der Waals surface area contributed by atoms with Gasteiger partial charge in [0.05, 0.1) is 18.3 Å². The Balaban J connectivity index is 1.64. The lowest BCUT2D eigenvalue weighted by molar-refractivity contribution is 0.601. The molecule has 11 heteroatoms. The molecule has 7 nitrogen and oxygen atoms in total. The Labute approximate surface area is 168 Å². The molecule has 4 aromatic rings. The first kappa shape index (κ1) is 18.2. The second kappa shape index (κ2) is 7.08. The highest BCUT2D eigenvalue weighted by atomic mass is 35.5. The van der Waals surface area contributed by atoms with E-state index in [1.165, 1.54) is 16.9 Å². The number of nitrogens with zero attached hydrogens (tertiary/aromatic N) is 4. The van der Waals surface area contributed by atoms with E-state index in [0.717, 1.165) is 17.3 Å². The molecule has 0 unspecified atom stereocenters. The van der Waals surface area contributed by atoms with E-state index < -0.39 is 10.0 Å². The molecule has 0 spiro atoms.